The Labute approximate surface area is 118 Å². The van der Waals surface area contributed by atoms with Crippen molar-refractivity contribution < 1.29 is 9.13 Å². The number of hydrogen-bond acceptors (Lipinski definition) is 1. The smallest absolute Gasteiger partial charge is 0.123 e. The number of halogens is 2. The van der Waals surface area contributed by atoms with Gasteiger partial charge >= 0.3 is 0 Å². The minimum absolute atomic E-state index is 0.153. The van der Waals surface area contributed by atoms with Gasteiger partial charge in [-0.2, -0.15) is 0 Å². The van der Waals surface area contributed by atoms with Crippen LogP contribution in [0.4, 0.5) is 4.39 Å². The zero-order valence-corrected chi connectivity index (χ0v) is 11.7. The van der Waals surface area contributed by atoms with Crippen LogP contribution in [-0.4, -0.2) is 7.11 Å². The quantitative estimate of drug-likeness (QED) is 0.739. The van der Waals surface area contributed by atoms with E-state index in [9.17, 15) is 4.39 Å². The van der Waals surface area contributed by atoms with Gasteiger partial charge in [0, 0.05) is 0 Å². The van der Waals surface area contributed by atoms with E-state index in [0.29, 0.717) is 6.42 Å². The number of ether oxygens (including phenoxy) is 1. The van der Waals surface area contributed by atoms with Crippen LogP contribution in [-0.2, 0) is 6.42 Å². The van der Waals surface area contributed by atoms with Crippen LogP contribution in [0.15, 0.2) is 42.5 Å². The van der Waals surface area contributed by atoms with Crippen LogP contribution >= 0.6 is 11.6 Å². The normalized spacial score (nSPS) is 12.2. The van der Waals surface area contributed by atoms with E-state index in [1.165, 1.54) is 12.1 Å². The average Bonchev–Trinajstić information content (AvgIpc) is 2.42. The van der Waals surface area contributed by atoms with Gasteiger partial charge in [0.15, 0.2) is 0 Å². The van der Waals surface area contributed by atoms with Crippen LogP contribution in [0.3, 0.4) is 0 Å². The Hall–Kier alpha value is -1.54. The van der Waals surface area contributed by atoms with Crippen molar-refractivity contribution in [3.05, 3.63) is 65.0 Å². The Morgan fingerprint density at radius 2 is 1.84 bits per heavy atom. The van der Waals surface area contributed by atoms with Gasteiger partial charge in [-0.25, -0.2) is 4.39 Å². The molecule has 0 N–H and O–H groups in total. The van der Waals surface area contributed by atoms with Crippen molar-refractivity contribution in [2.45, 2.75) is 18.7 Å². The van der Waals surface area contributed by atoms with Crippen molar-refractivity contribution in [2.75, 3.05) is 7.11 Å². The summed E-state index contributed by atoms with van der Waals surface area (Å²) in [7, 11) is 1.65. The van der Waals surface area contributed by atoms with Gasteiger partial charge in [0.1, 0.15) is 11.6 Å². The zero-order chi connectivity index (χ0) is 13.8. The molecule has 2 aromatic carbocycles. The maximum atomic E-state index is 12.8. The summed E-state index contributed by atoms with van der Waals surface area (Å²) in [6.45, 7) is 1.99. The molecule has 0 amide bonds. The molecule has 2 rings (SSSR count). The van der Waals surface area contributed by atoms with E-state index in [-0.39, 0.29) is 11.2 Å². The van der Waals surface area contributed by atoms with E-state index in [1.807, 2.05) is 25.1 Å². The standard InChI is InChI=1S/C16H16ClFO/c1-11-3-6-13(10-16(11)19-2)15(17)9-12-4-7-14(18)8-5-12/h3-8,10,15H,9H2,1-2H3. The van der Waals surface area contributed by atoms with Gasteiger partial charge in [0.25, 0.3) is 0 Å². The molecule has 0 bridgehead atoms. The second-order valence-corrected chi connectivity index (χ2v) is 5.05. The fraction of sp³-hybridized carbons (Fsp3) is 0.250. The molecule has 0 saturated heterocycles. The second kappa shape index (κ2) is 6.07. The summed E-state index contributed by atoms with van der Waals surface area (Å²) < 4.78 is 18.1. The Morgan fingerprint density at radius 1 is 1.16 bits per heavy atom. The summed E-state index contributed by atoms with van der Waals surface area (Å²) in [5.74, 6) is 0.606. The Kier molecular flexibility index (Phi) is 4.43. The summed E-state index contributed by atoms with van der Waals surface area (Å²) in [5, 5.41) is -0.153. The lowest BCUT2D eigenvalue weighted by Crippen LogP contribution is -1.98. The van der Waals surface area contributed by atoms with E-state index in [4.69, 9.17) is 16.3 Å². The maximum Gasteiger partial charge on any atom is 0.123 e. The highest BCUT2D eigenvalue weighted by molar-refractivity contribution is 6.20. The van der Waals surface area contributed by atoms with E-state index in [1.54, 1.807) is 19.2 Å². The molecule has 0 spiro atoms. The fourth-order valence-electron chi connectivity index (χ4n) is 1.98. The van der Waals surface area contributed by atoms with Crippen LogP contribution in [0.25, 0.3) is 0 Å². The third-order valence-electron chi connectivity index (χ3n) is 3.12. The minimum atomic E-state index is -0.230. The molecule has 0 aliphatic rings. The SMILES string of the molecule is COc1cc(C(Cl)Cc2ccc(F)cc2)ccc1C. The molecule has 0 saturated carbocycles. The monoisotopic (exact) mass is 278 g/mol. The Balaban J connectivity index is 2.15. The minimum Gasteiger partial charge on any atom is -0.496 e. The molecule has 1 atom stereocenters. The third-order valence-corrected chi connectivity index (χ3v) is 3.53. The van der Waals surface area contributed by atoms with Crippen molar-refractivity contribution >= 4 is 11.6 Å². The van der Waals surface area contributed by atoms with Crippen LogP contribution in [0.5, 0.6) is 5.75 Å². The summed E-state index contributed by atoms with van der Waals surface area (Å²) >= 11 is 6.41. The molecule has 0 heterocycles. The van der Waals surface area contributed by atoms with Crippen molar-refractivity contribution in [1.29, 1.82) is 0 Å². The van der Waals surface area contributed by atoms with Crippen molar-refractivity contribution in [3.63, 3.8) is 0 Å². The number of methoxy groups -OCH3 is 1. The van der Waals surface area contributed by atoms with Crippen LogP contribution in [0.1, 0.15) is 22.1 Å². The van der Waals surface area contributed by atoms with Crippen LogP contribution < -0.4 is 4.74 Å². The molecule has 3 heteroatoms. The van der Waals surface area contributed by atoms with Crippen molar-refractivity contribution in [2.24, 2.45) is 0 Å². The molecule has 0 aliphatic carbocycles. The number of rotatable bonds is 4. The first-order chi connectivity index (χ1) is 9.10. The highest BCUT2D eigenvalue weighted by atomic mass is 35.5. The number of aryl methyl sites for hydroxylation is 1. The molecular formula is C16H16ClFO. The largest absolute Gasteiger partial charge is 0.496 e. The summed E-state index contributed by atoms with van der Waals surface area (Å²) in [5.41, 5.74) is 3.10. The van der Waals surface area contributed by atoms with E-state index in [2.05, 4.69) is 0 Å². The van der Waals surface area contributed by atoms with Crippen LogP contribution in [0, 0.1) is 12.7 Å². The average molecular weight is 279 g/mol. The molecule has 0 aliphatic heterocycles. The van der Waals surface area contributed by atoms with Crippen molar-refractivity contribution in [1.82, 2.24) is 0 Å². The first-order valence-corrected chi connectivity index (χ1v) is 6.57. The van der Waals surface area contributed by atoms with Gasteiger partial charge in [-0.15, -0.1) is 11.6 Å². The summed E-state index contributed by atoms with van der Waals surface area (Å²) in [6.07, 6.45) is 0.661. The molecule has 0 radical (unpaired) electrons. The van der Waals surface area contributed by atoms with Gasteiger partial charge in [-0.3, -0.25) is 0 Å². The van der Waals surface area contributed by atoms with Gasteiger partial charge < -0.3 is 4.74 Å². The topological polar surface area (TPSA) is 9.23 Å². The molecular weight excluding hydrogens is 263 g/mol. The number of alkyl halides is 1. The molecule has 1 nitrogen and oxygen atoms in total. The van der Waals surface area contributed by atoms with Gasteiger partial charge in [0.2, 0.25) is 0 Å². The second-order valence-electron chi connectivity index (χ2n) is 4.53. The van der Waals surface area contributed by atoms with Crippen LogP contribution in [0.2, 0.25) is 0 Å². The summed E-state index contributed by atoms with van der Waals surface area (Å²) in [4.78, 5) is 0. The lowest BCUT2D eigenvalue weighted by atomic mass is 10.0. The lowest BCUT2D eigenvalue weighted by molar-refractivity contribution is 0.411. The molecule has 1 unspecified atom stereocenters. The molecule has 19 heavy (non-hydrogen) atoms. The highest BCUT2D eigenvalue weighted by Crippen LogP contribution is 2.29. The third kappa shape index (κ3) is 3.48. The maximum absolute atomic E-state index is 12.8. The Morgan fingerprint density at radius 3 is 2.47 bits per heavy atom. The lowest BCUT2D eigenvalue weighted by Gasteiger charge is -2.13. The van der Waals surface area contributed by atoms with E-state index >= 15 is 0 Å². The predicted molar refractivity (Wildman–Crippen MR) is 76.4 cm³/mol. The number of benzene rings is 2. The molecule has 100 valence electrons. The van der Waals surface area contributed by atoms with E-state index in [0.717, 1.165) is 22.4 Å². The molecule has 2 aromatic rings. The van der Waals surface area contributed by atoms with Gasteiger partial charge in [-0.1, -0.05) is 24.3 Å². The highest BCUT2D eigenvalue weighted by Gasteiger charge is 2.11. The fourth-order valence-corrected chi connectivity index (χ4v) is 2.29. The van der Waals surface area contributed by atoms with E-state index < -0.39 is 0 Å². The molecule has 0 fully saturated rings. The summed E-state index contributed by atoms with van der Waals surface area (Å²) in [6, 6.07) is 12.4. The first-order valence-electron chi connectivity index (χ1n) is 6.13. The van der Waals surface area contributed by atoms with Gasteiger partial charge in [0.05, 0.1) is 12.5 Å². The molecule has 0 aromatic heterocycles. The van der Waals surface area contributed by atoms with Gasteiger partial charge in [-0.05, 0) is 48.2 Å². The Bertz CT molecular complexity index is 551. The number of hydrogen-bond donors (Lipinski definition) is 0. The predicted octanol–water partition coefficient (Wildman–Crippen LogP) is 4.67. The van der Waals surface area contributed by atoms with Crippen molar-refractivity contribution in [3.8, 4) is 5.75 Å². The first kappa shape index (κ1) is 13.9. The zero-order valence-electron chi connectivity index (χ0n) is 11.0.